The van der Waals surface area contributed by atoms with Crippen LogP contribution >= 0.6 is 0 Å². The molecule has 0 saturated heterocycles. The molecule has 0 aliphatic carbocycles. The van der Waals surface area contributed by atoms with Gasteiger partial charge in [0, 0.05) is 6.54 Å². The second-order valence-electron chi connectivity index (χ2n) is 8.88. The van der Waals surface area contributed by atoms with Gasteiger partial charge in [0.1, 0.15) is 12.4 Å². The second kappa shape index (κ2) is 9.85. The van der Waals surface area contributed by atoms with Gasteiger partial charge >= 0.3 is 0 Å². The molecule has 0 bridgehead atoms. The number of aromatic nitrogens is 6. The number of furan rings is 1. The Balaban J connectivity index is 1.08. The third-order valence-corrected chi connectivity index (χ3v) is 7.09. The lowest BCUT2D eigenvalue weighted by atomic mass is 10.1. The minimum absolute atomic E-state index is 0.149. The monoisotopic (exact) mass is 545 g/mol. The van der Waals surface area contributed by atoms with E-state index < -0.39 is 10.1 Å². The van der Waals surface area contributed by atoms with Crippen molar-refractivity contribution >= 4 is 32.7 Å². The number of aryl methyl sites for hydroxylation is 2. The van der Waals surface area contributed by atoms with Gasteiger partial charge in [0.2, 0.25) is 11.8 Å². The van der Waals surface area contributed by atoms with Crippen LogP contribution in [0.1, 0.15) is 17.5 Å². The van der Waals surface area contributed by atoms with Crippen LogP contribution in [-0.4, -0.2) is 42.3 Å². The van der Waals surface area contributed by atoms with Gasteiger partial charge in [0.25, 0.3) is 10.1 Å². The number of nitrogens with two attached hydrogens (primary N) is 1. The van der Waals surface area contributed by atoms with E-state index in [1.165, 1.54) is 16.6 Å². The summed E-state index contributed by atoms with van der Waals surface area (Å²) in [5.41, 5.74) is 9.31. The van der Waals surface area contributed by atoms with Gasteiger partial charge in [0.15, 0.2) is 17.1 Å². The topological polar surface area (TPSA) is 164 Å². The van der Waals surface area contributed by atoms with Crippen LogP contribution in [0.4, 0.5) is 5.95 Å². The Hall–Kier alpha value is -4.75. The van der Waals surface area contributed by atoms with Gasteiger partial charge < -0.3 is 14.9 Å². The largest absolute Gasteiger partial charge is 0.489 e. The van der Waals surface area contributed by atoms with Gasteiger partial charge in [-0.1, -0.05) is 24.3 Å². The highest BCUT2D eigenvalue weighted by Gasteiger charge is 2.17. The molecule has 6 rings (SSSR count). The van der Waals surface area contributed by atoms with E-state index in [1.807, 2.05) is 28.9 Å². The number of rotatable bonds is 9. The van der Waals surface area contributed by atoms with Crippen LogP contribution in [0.15, 0.2) is 82.4 Å². The Labute approximate surface area is 222 Å². The lowest BCUT2D eigenvalue weighted by molar-refractivity contribution is 0.306. The van der Waals surface area contributed by atoms with E-state index >= 15 is 0 Å². The minimum Gasteiger partial charge on any atom is -0.489 e. The lowest BCUT2D eigenvalue weighted by Crippen LogP contribution is -2.06. The zero-order chi connectivity index (χ0) is 27.0. The van der Waals surface area contributed by atoms with E-state index in [1.54, 1.807) is 36.7 Å². The molecule has 0 aliphatic rings. The first-order valence-electron chi connectivity index (χ1n) is 12.0. The third kappa shape index (κ3) is 5.04. The zero-order valence-electron chi connectivity index (χ0n) is 20.5. The molecular weight excluding hydrogens is 522 g/mol. The quantitative estimate of drug-likeness (QED) is 0.256. The Kier molecular flexibility index (Phi) is 6.21. The molecular formula is C26H23N7O5S. The van der Waals surface area contributed by atoms with E-state index in [9.17, 15) is 8.42 Å². The highest BCUT2D eigenvalue weighted by Crippen LogP contribution is 2.24. The predicted octanol–water partition coefficient (Wildman–Crippen LogP) is 3.77. The summed E-state index contributed by atoms with van der Waals surface area (Å²) >= 11 is 0. The molecule has 0 amide bonds. The highest BCUT2D eigenvalue weighted by molar-refractivity contribution is 7.85. The molecule has 12 nitrogen and oxygen atoms in total. The summed E-state index contributed by atoms with van der Waals surface area (Å²) in [5, 5.41) is 9.67. The molecule has 4 aromatic heterocycles. The van der Waals surface area contributed by atoms with Gasteiger partial charge in [-0.25, -0.2) is 9.67 Å². The fraction of sp³-hybridized carbons (Fsp3) is 0.154. The predicted molar refractivity (Wildman–Crippen MR) is 142 cm³/mol. The number of fused-ring (bicyclic) bond motifs is 3. The number of anilines is 1. The fourth-order valence-electron chi connectivity index (χ4n) is 4.24. The van der Waals surface area contributed by atoms with Gasteiger partial charge in [-0.05, 0) is 60.4 Å². The molecule has 0 atom stereocenters. The number of ether oxygens (including phenoxy) is 1. The Morgan fingerprint density at radius 1 is 0.974 bits per heavy atom. The van der Waals surface area contributed by atoms with Crippen molar-refractivity contribution in [3.8, 4) is 17.3 Å². The molecule has 198 valence electrons. The average Bonchev–Trinajstić information content (AvgIpc) is 3.68. The number of nitrogen functional groups attached to an aromatic ring is 1. The van der Waals surface area contributed by atoms with E-state index in [0.717, 1.165) is 29.4 Å². The van der Waals surface area contributed by atoms with Crippen LogP contribution in [0.5, 0.6) is 5.75 Å². The van der Waals surface area contributed by atoms with E-state index in [2.05, 4.69) is 20.2 Å². The van der Waals surface area contributed by atoms with Crippen molar-refractivity contribution in [3.63, 3.8) is 0 Å². The number of nitrogens with zero attached hydrogens (tertiary/aromatic N) is 6. The van der Waals surface area contributed by atoms with E-state index in [-0.39, 0.29) is 17.5 Å². The number of hydrogen-bond acceptors (Lipinski definition) is 9. The van der Waals surface area contributed by atoms with Gasteiger partial charge in [0.05, 0.1) is 22.7 Å². The summed E-state index contributed by atoms with van der Waals surface area (Å²) in [4.78, 5) is 8.94. The highest BCUT2D eigenvalue weighted by atomic mass is 32.2. The minimum atomic E-state index is -4.21. The first-order valence-corrected chi connectivity index (χ1v) is 13.5. The van der Waals surface area contributed by atoms with Crippen molar-refractivity contribution in [2.75, 3.05) is 5.73 Å². The normalized spacial score (nSPS) is 11.9. The molecule has 6 aromatic rings. The molecule has 0 fully saturated rings. The SMILES string of the molecule is Nc1nc2c(cnn2CCCc2ccc(OCc3ccc(S(=O)(=O)O)cc3)cc2)c2nc(-c3ccco3)nn12. The van der Waals surface area contributed by atoms with Crippen molar-refractivity contribution in [3.05, 3.63) is 84.3 Å². The van der Waals surface area contributed by atoms with Gasteiger partial charge in [-0.15, -0.1) is 5.10 Å². The van der Waals surface area contributed by atoms with Crippen LogP contribution in [0, 0.1) is 0 Å². The fourth-order valence-corrected chi connectivity index (χ4v) is 4.72. The van der Waals surface area contributed by atoms with Crippen molar-refractivity contribution < 1.29 is 22.1 Å². The van der Waals surface area contributed by atoms with Crippen molar-refractivity contribution in [2.24, 2.45) is 0 Å². The number of benzene rings is 2. The first-order chi connectivity index (χ1) is 18.8. The average molecular weight is 546 g/mol. The van der Waals surface area contributed by atoms with Gasteiger partial charge in [-0.3, -0.25) is 4.55 Å². The Morgan fingerprint density at radius 3 is 2.46 bits per heavy atom. The molecule has 0 spiro atoms. The first kappa shape index (κ1) is 24.6. The van der Waals surface area contributed by atoms with Crippen molar-refractivity contribution in [2.45, 2.75) is 30.9 Å². The molecule has 13 heteroatoms. The molecule has 3 N–H and O–H groups in total. The molecule has 39 heavy (non-hydrogen) atoms. The maximum absolute atomic E-state index is 11.2. The molecule has 0 saturated carbocycles. The molecule has 4 heterocycles. The summed E-state index contributed by atoms with van der Waals surface area (Å²) in [5.74, 6) is 1.89. The van der Waals surface area contributed by atoms with Crippen LogP contribution in [0.3, 0.4) is 0 Å². The molecule has 2 aromatic carbocycles. The molecule has 0 unspecified atom stereocenters. The van der Waals surface area contributed by atoms with Crippen LogP contribution in [0.2, 0.25) is 0 Å². The van der Waals surface area contributed by atoms with Crippen molar-refractivity contribution in [1.29, 1.82) is 0 Å². The van der Waals surface area contributed by atoms with Crippen LogP contribution in [0.25, 0.3) is 28.3 Å². The summed E-state index contributed by atoms with van der Waals surface area (Å²) in [6, 6.07) is 17.2. The van der Waals surface area contributed by atoms with Crippen LogP contribution < -0.4 is 10.5 Å². The third-order valence-electron chi connectivity index (χ3n) is 6.22. The van der Waals surface area contributed by atoms with Gasteiger partial charge in [-0.2, -0.15) is 23.0 Å². The Bertz CT molecular complexity index is 1860. The summed E-state index contributed by atoms with van der Waals surface area (Å²) in [6.07, 6.45) is 4.94. The summed E-state index contributed by atoms with van der Waals surface area (Å²) < 4.78 is 45.9. The van der Waals surface area contributed by atoms with Crippen LogP contribution in [-0.2, 0) is 29.7 Å². The standard InChI is InChI=1S/C26H23N7O5S/c27-26-30-24-21(25-29-23(31-33(25)26)22-4-2-14-37-22)15-28-32(24)13-1-3-17-5-9-19(10-6-17)38-16-18-7-11-20(12-8-18)39(34,35)36/h2,4-12,14-15H,1,3,13,16H2,(H2,27,30)(H,34,35,36). The lowest BCUT2D eigenvalue weighted by Gasteiger charge is -2.08. The molecule has 0 radical (unpaired) electrons. The summed E-state index contributed by atoms with van der Waals surface area (Å²) in [6.45, 7) is 0.916. The van der Waals surface area contributed by atoms with E-state index in [0.29, 0.717) is 35.2 Å². The number of hydrogen-bond donors (Lipinski definition) is 2. The smallest absolute Gasteiger partial charge is 0.294 e. The maximum atomic E-state index is 11.2. The zero-order valence-corrected chi connectivity index (χ0v) is 21.3. The van der Waals surface area contributed by atoms with Crippen molar-refractivity contribution in [1.82, 2.24) is 29.4 Å². The maximum Gasteiger partial charge on any atom is 0.294 e. The summed E-state index contributed by atoms with van der Waals surface area (Å²) in [7, 11) is -4.21. The van der Waals surface area contributed by atoms with E-state index in [4.69, 9.17) is 19.4 Å². The Morgan fingerprint density at radius 2 is 1.74 bits per heavy atom. The second-order valence-corrected chi connectivity index (χ2v) is 10.3. The molecule has 0 aliphatic heterocycles.